The van der Waals surface area contributed by atoms with E-state index in [1.807, 2.05) is 18.2 Å². The molecule has 2 unspecified atom stereocenters. The predicted molar refractivity (Wildman–Crippen MR) is 88.1 cm³/mol. The molecular formula is C17H16N2O3S. The number of ether oxygens (including phenoxy) is 1. The Bertz CT molecular complexity index is 692. The summed E-state index contributed by atoms with van der Waals surface area (Å²) in [6, 6.07) is 11.2. The summed E-state index contributed by atoms with van der Waals surface area (Å²) in [6.45, 7) is 3.64. The summed E-state index contributed by atoms with van der Waals surface area (Å²) in [5.41, 5.74) is 1.09. The van der Waals surface area contributed by atoms with Crippen molar-refractivity contribution in [3.8, 4) is 6.07 Å². The van der Waals surface area contributed by atoms with Gasteiger partial charge in [0.05, 0.1) is 23.8 Å². The van der Waals surface area contributed by atoms with Crippen molar-refractivity contribution in [2.75, 3.05) is 12.9 Å². The molecule has 1 amide bonds. The third-order valence-corrected chi connectivity index (χ3v) is 4.50. The number of amides is 1. The monoisotopic (exact) mass is 328 g/mol. The first-order valence-electron chi connectivity index (χ1n) is 6.95. The van der Waals surface area contributed by atoms with Crippen LogP contribution in [0, 0.1) is 17.2 Å². The number of rotatable bonds is 5. The number of benzene rings is 1. The highest BCUT2D eigenvalue weighted by molar-refractivity contribution is 8.03. The molecule has 1 heterocycles. The van der Waals surface area contributed by atoms with E-state index in [0.29, 0.717) is 16.4 Å². The molecule has 5 nitrogen and oxygen atoms in total. The Morgan fingerprint density at radius 3 is 2.74 bits per heavy atom. The van der Waals surface area contributed by atoms with E-state index in [-0.39, 0.29) is 0 Å². The highest BCUT2D eigenvalue weighted by Gasteiger charge is 2.44. The molecule has 1 aromatic rings. The minimum absolute atomic E-state index is 0.359. The summed E-state index contributed by atoms with van der Waals surface area (Å²) in [4.78, 5) is 24.5. The van der Waals surface area contributed by atoms with Crippen molar-refractivity contribution in [2.24, 2.45) is 5.92 Å². The van der Waals surface area contributed by atoms with Gasteiger partial charge in [-0.2, -0.15) is 5.26 Å². The van der Waals surface area contributed by atoms with E-state index in [2.05, 4.69) is 18.0 Å². The van der Waals surface area contributed by atoms with Crippen molar-refractivity contribution in [2.45, 2.75) is 5.92 Å². The van der Waals surface area contributed by atoms with Crippen LogP contribution in [0.15, 0.2) is 53.6 Å². The molecule has 0 fully saturated rings. The van der Waals surface area contributed by atoms with Gasteiger partial charge in [0.25, 0.3) is 0 Å². The van der Waals surface area contributed by atoms with Crippen molar-refractivity contribution in [3.05, 3.63) is 59.2 Å². The van der Waals surface area contributed by atoms with Gasteiger partial charge in [0.1, 0.15) is 5.92 Å². The molecule has 0 bridgehead atoms. The fraction of sp³-hybridized carbons (Fsp3) is 0.235. The molecule has 1 aliphatic rings. The van der Waals surface area contributed by atoms with Gasteiger partial charge in [-0.25, -0.2) is 0 Å². The second-order valence-electron chi connectivity index (χ2n) is 4.83. The summed E-state index contributed by atoms with van der Waals surface area (Å²) in [5, 5.41) is 12.7. The molecule has 0 aromatic heterocycles. The Morgan fingerprint density at radius 2 is 2.17 bits per heavy atom. The van der Waals surface area contributed by atoms with E-state index in [1.165, 1.54) is 18.9 Å². The highest BCUT2D eigenvalue weighted by atomic mass is 32.2. The number of hydrogen-bond donors (Lipinski definition) is 1. The molecule has 0 spiro atoms. The van der Waals surface area contributed by atoms with Gasteiger partial charge in [-0.15, -0.1) is 18.3 Å². The quantitative estimate of drug-likeness (QED) is 0.510. The standard InChI is InChI=1S/C17H16N2O3S/c1-3-9-23-16-12(10-18)13(11-7-5-4-6-8-11)14(15(20)19-16)17(21)22-2/h3-8,13-14H,1,9H2,2H3,(H,19,20). The van der Waals surface area contributed by atoms with Crippen molar-refractivity contribution in [1.82, 2.24) is 5.32 Å². The van der Waals surface area contributed by atoms with Crippen LogP contribution < -0.4 is 5.32 Å². The lowest BCUT2D eigenvalue weighted by Gasteiger charge is -2.30. The molecule has 2 rings (SSSR count). The molecule has 6 heteroatoms. The summed E-state index contributed by atoms with van der Waals surface area (Å²) in [6.07, 6.45) is 1.68. The van der Waals surface area contributed by atoms with E-state index in [4.69, 9.17) is 4.74 Å². The highest BCUT2D eigenvalue weighted by Crippen LogP contribution is 2.39. The van der Waals surface area contributed by atoms with Gasteiger partial charge in [-0.3, -0.25) is 9.59 Å². The molecule has 0 radical (unpaired) electrons. The Morgan fingerprint density at radius 1 is 1.48 bits per heavy atom. The van der Waals surface area contributed by atoms with Gasteiger partial charge < -0.3 is 10.1 Å². The molecule has 23 heavy (non-hydrogen) atoms. The zero-order chi connectivity index (χ0) is 16.8. The smallest absolute Gasteiger partial charge is 0.319 e. The number of hydrogen-bond acceptors (Lipinski definition) is 5. The maximum atomic E-state index is 12.4. The molecule has 1 aromatic carbocycles. The van der Waals surface area contributed by atoms with Gasteiger partial charge >= 0.3 is 5.97 Å². The van der Waals surface area contributed by atoms with Gasteiger partial charge in [-0.05, 0) is 5.56 Å². The number of esters is 1. The SMILES string of the molecule is C=CCSC1=C(C#N)C(c2ccccc2)C(C(=O)OC)C(=O)N1. The lowest BCUT2D eigenvalue weighted by Crippen LogP contribution is -2.44. The first kappa shape index (κ1) is 16.8. The predicted octanol–water partition coefficient (Wildman–Crippen LogP) is 2.34. The number of carbonyl (C=O) groups is 2. The van der Waals surface area contributed by atoms with Crippen LogP contribution in [-0.4, -0.2) is 24.7 Å². The molecule has 2 atom stereocenters. The minimum atomic E-state index is -1.08. The zero-order valence-corrected chi connectivity index (χ0v) is 13.4. The van der Waals surface area contributed by atoms with Crippen LogP contribution in [0.4, 0.5) is 0 Å². The van der Waals surface area contributed by atoms with Gasteiger partial charge in [0.2, 0.25) is 5.91 Å². The second-order valence-corrected chi connectivity index (χ2v) is 5.86. The van der Waals surface area contributed by atoms with Crippen molar-refractivity contribution in [1.29, 1.82) is 5.26 Å². The van der Waals surface area contributed by atoms with E-state index in [9.17, 15) is 14.9 Å². The van der Waals surface area contributed by atoms with Crippen LogP contribution in [0.5, 0.6) is 0 Å². The summed E-state index contributed by atoms with van der Waals surface area (Å²) >= 11 is 1.31. The Balaban J connectivity index is 2.58. The first-order valence-corrected chi connectivity index (χ1v) is 7.94. The number of methoxy groups -OCH3 is 1. The summed E-state index contributed by atoms with van der Waals surface area (Å²) < 4.78 is 4.77. The van der Waals surface area contributed by atoms with Crippen LogP contribution in [0.2, 0.25) is 0 Å². The van der Waals surface area contributed by atoms with Gasteiger partial charge in [0.15, 0.2) is 0 Å². The number of nitrogens with one attached hydrogen (secondary N) is 1. The van der Waals surface area contributed by atoms with E-state index in [0.717, 1.165) is 5.56 Å². The maximum absolute atomic E-state index is 12.4. The van der Waals surface area contributed by atoms with Crippen molar-refractivity contribution < 1.29 is 14.3 Å². The lowest BCUT2D eigenvalue weighted by atomic mass is 9.78. The Hall–Kier alpha value is -2.52. The Kier molecular flexibility index (Phi) is 5.61. The van der Waals surface area contributed by atoms with Crippen LogP contribution >= 0.6 is 11.8 Å². The second kappa shape index (κ2) is 7.65. The third kappa shape index (κ3) is 3.46. The van der Waals surface area contributed by atoms with Crippen LogP contribution in [0.1, 0.15) is 11.5 Å². The fourth-order valence-corrected chi connectivity index (χ4v) is 3.27. The zero-order valence-electron chi connectivity index (χ0n) is 12.6. The minimum Gasteiger partial charge on any atom is -0.468 e. The molecule has 118 valence electrons. The normalized spacial score (nSPS) is 20.4. The van der Waals surface area contributed by atoms with Crippen molar-refractivity contribution >= 4 is 23.6 Å². The van der Waals surface area contributed by atoms with Crippen LogP contribution in [0.25, 0.3) is 0 Å². The Labute approximate surface area is 139 Å². The first-order chi connectivity index (χ1) is 11.1. The maximum Gasteiger partial charge on any atom is 0.319 e. The fourth-order valence-electron chi connectivity index (χ4n) is 2.48. The van der Waals surface area contributed by atoms with Crippen LogP contribution in [-0.2, 0) is 14.3 Å². The van der Waals surface area contributed by atoms with E-state index >= 15 is 0 Å². The lowest BCUT2D eigenvalue weighted by molar-refractivity contribution is -0.150. The molecular weight excluding hydrogens is 312 g/mol. The molecule has 1 N–H and O–H groups in total. The van der Waals surface area contributed by atoms with Crippen molar-refractivity contribution in [3.63, 3.8) is 0 Å². The molecule has 0 aliphatic carbocycles. The largest absolute Gasteiger partial charge is 0.468 e. The van der Waals surface area contributed by atoms with E-state index < -0.39 is 23.7 Å². The number of nitriles is 1. The number of thioether (sulfide) groups is 1. The van der Waals surface area contributed by atoms with E-state index in [1.54, 1.807) is 18.2 Å². The molecule has 0 saturated carbocycles. The van der Waals surface area contributed by atoms with Crippen LogP contribution in [0.3, 0.4) is 0 Å². The van der Waals surface area contributed by atoms with Gasteiger partial charge in [-0.1, -0.05) is 36.4 Å². The number of allylic oxidation sites excluding steroid dienone is 1. The van der Waals surface area contributed by atoms with Gasteiger partial charge in [0, 0.05) is 11.7 Å². The summed E-state index contributed by atoms with van der Waals surface area (Å²) in [5.74, 6) is -2.31. The molecule has 0 saturated heterocycles. The third-order valence-electron chi connectivity index (χ3n) is 3.49. The molecule has 1 aliphatic heterocycles. The topological polar surface area (TPSA) is 79.2 Å². The summed E-state index contributed by atoms with van der Waals surface area (Å²) in [7, 11) is 1.23. The average Bonchev–Trinajstić information content (AvgIpc) is 2.59. The number of carbonyl (C=O) groups excluding carboxylic acids is 2. The number of nitrogens with zero attached hydrogens (tertiary/aromatic N) is 1. The average molecular weight is 328 g/mol.